The van der Waals surface area contributed by atoms with Crippen molar-refractivity contribution in [2.45, 2.75) is 23.9 Å². The minimum absolute atomic E-state index is 0.0669. The molecule has 0 unspecified atom stereocenters. The molecule has 1 saturated heterocycles. The van der Waals surface area contributed by atoms with Gasteiger partial charge in [-0.2, -0.15) is 0 Å². The van der Waals surface area contributed by atoms with E-state index in [1.165, 1.54) is 0 Å². The molecule has 188 valence electrons. The van der Waals surface area contributed by atoms with Crippen LogP contribution in [0.4, 0.5) is 4.79 Å². The van der Waals surface area contributed by atoms with E-state index in [0.29, 0.717) is 6.42 Å². The molecule has 7 heteroatoms. The van der Waals surface area contributed by atoms with Crippen molar-refractivity contribution in [1.29, 1.82) is 0 Å². The van der Waals surface area contributed by atoms with Crippen LogP contribution in [-0.2, 0) is 21.4 Å². The van der Waals surface area contributed by atoms with Gasteiger partial charge in [0.15, 0.2) is 0 Å². The molecule has 0 spiro atoms. The minimum atomic E-state index is -1.32. The Labute approximate surface area is 220 Å². The largest absolute Gasteiger partial charge is 0.447 e. The van der Waals surface area contributed by atoms with Crippen LogP contribution in [0.2, 0.25) is 0 Å². The number of carbonyl (C=O) groups is 2. The highest BCUT2D eigenvalue weighted by Crippen LogP contribution is 2.44. The molecule has 4 aromatic carbocycles. The van der Waals surface area contributed by atoms with Gasteiger partial charge in [0.2, 0.25) is 5.91 Å². The van der Waals surface area contributed by atoms with Gasteiger partial charge in [0.1, 0.15) is 12.6 Å². The minimum Gasteiger partial charge on any atom is -0.447 e. The molecule has 0 radical (unpaired) electrons. The second kappa shape index (κ2) is 11.0. The fraction of sp³-hybridized carbons (Fsp3) is 0.161. The Morgan fingerprint density at radius 2 is 1.29 bits per heavy atom. The number of hydrogen-bond donors (Lipinski definition) is 0. The lowest BCUT2D eigenvalue weighted by atomic mass is 9.64. The van der Waals surface area contributed by atoms with Crippen molar-refractivity contribution in [1.82, 2.24) is 4.90 Å². The molecule has 2 amide bonds. The molecule has 7 nitrogen and oxygen atoms in total. The Balaban J connectivity index is 1.71. The Morgan fingerprint density at radius 3 is 1.74 bits per heavy atom. The van der Waals surface area contributed by atoms with Gasteiger partial charge in [-0.15, -0.1) is 0 Å². The molecule has 0 saturated carbocycles. The van der Waals surface area contributed by atoms with E-state index in [2.05, 4.69) is 10.0 Å². The zero-order valence-electron chi connectivity index (χ0n) is 20.6. The summed E-state index contributed by atoms with van der Waals surface area (Å²) in [5.41, 5.74) is 11.8. The summed E-state index contributed by atoms with van der Waals surface area (Å²) >= 11 is 0. The van der Waals surface area contributed by atoms with Crippen LogP contribution in [0.15, 0.2) is 126 Å². The fourth-order valence-electron chi connectivity index (χ4n) is 5.35. The molecule has 5 rings (SSSR count). The Bertz CT molecular complexity index is 1340. The summed E-state index contributed by atoms with van der Waals surface area (Å²) in [6.45, 7) is 0.0669. The molecule has 0 aromatic heterocycles. The van der Waals surface area contributed by atoms with Gasteiger partial charge in [0.05, 0.1) is 11.5 Å². The second-order valence-corrected chi connectivity index (χ2v) is 9.14. The van der Waals surface area contributed by atoms with Crippen molar-refractivity contribution in [3.05, 3.63) is 154 Å². The van der Waals surface area contributed by atoms with E-state index in [0.717, 1.165) is 27.2 Å². The van der Waals surface area contributed by atoms with Crippen molar-refractivity contribution in [2.75, 3.05) is 6.61 Å². The highest BCUT2D eigenvalue weighted by atomic mass is 16.6. The number of imide groups is 1. The van der Waals surface area contributed by atoms with Crippen LogP contribution in [0.1, 0.15) is 22.3 Å². The van der Waals surface area contributed by atoms with Crippen LogP contribution >= 0.6 is 0 Å². The average Bonchev–Trinajstić information content (AvgIpc) is 3.34. The van der Waals surface area contributed by atoms with E-state index in [1.54, 1.807) is 0 Å². The third-order valence-electron chi connectivity index (χ3n) is 7.01. The van der Waals surface area contributed by atoms with Gasteiger partial charge in [0, 0.05) is 4.91 Å². The van der Waals surface area contributed by atoms with Gasteiger partial charge >= 0.3 is 6.09 Å². The van der Waals surface area contributed by atoms with Gasteiger partial charge in [-0.1, -0.05) is 126 Å². The topological polar surface area (TPSA) is 95.4 Å². The standard InChI is InChI=1S/C31H26N4O3/c32-34-33-28(29(36)35-27(22-38-30(35)37)21-23-13-5-1-6-14-23)31(24-15-7-2-8-16-24,25-17-9-3-10-18-25)26-19-11-4-12-20-26/h1-20,27-28H,21-22H2/t27-,28+/m0/s1. The molecular weight excluding hydrogens is 476 g/mol. The first kappa shape index (κ1) is 24.8. The summed E-state index contributed by atoms with van der Waals surface area (Å²) in [6, 6.07) is 36.2. The summed E-state index contributed by atoms with van der Waals surface area (Å²) in [5.74, 6) is -0.609. The lowest BCUT2D eigenvalue weighted by molar-refractivity contribution is -0.131. The molecule has 1 aliphatic rings. The second-order valence-electron chi connectivity index (χ2n) is 9.14. The summed E-state index contributed by atoms with van der Waals surface area (Å²) in [7, 11) is 0. The smallest absolute Gasteiger partial charge is 0.416 e. The predicted molar refractivity (Wildman–Crippen MR) is 144 cm³/mol. The van der Waals surface area contributed by atoms with Crippen molar-refractivity contribution in [2.24, 2.45) is 5.11 Å². The molecule has 1 aliphatic heterocycles. The van der Waals surface area contributed by atoms with E-state index >= 15 is 0 Å². The highest BCUT2D eigenvalue weighted by Gasteiger charge is 2.51. The number of azide groups is 1. The number of cyclic esters (lactones) is 1. The first-order chi connectivity index (χ1) is 18.7. The number of amides is 2. The number of nitrogens with zero attached hydrogens (tertiary/aromatic N) is 4. The Hall–Kier alpha value is -4.87. The van der Waals surface area contributed by atoms with Crippen LogP contribution in [0.5, 0.6) is 0 Å². The van der Waals surface area contributed by atoms with Crippen LogP contribution in [0.25, 0.3) is 10.4 Å². The highest BCUT2D eigenvalue weighted by molar-refractivity contribution is 5.98. The van der Waals surface area contributed by atoms with Crippen LogP contribution in [-0.4, -0.2) is 35.6 Å². The normalized spacial score (nSPS) is 15.8. The number of carbonyl (C=O) groups excluding carboxylic acids is 2. The van der Waals surface area contributed by atoms with Crippen molar-refractivity contribution in [3.8, 4) is 0 Å². The third-order valence-corrected chi connectivity index (χ3v) is 7.01. The first-order valence-corrected chi connectivity index (χ1v) is 12.4. The molecule has 0 N–H and O–H groups in total. The Morgan fingerprint density at radius 1 is 0.842 bits per heavy atom. The van der Waals surface area contributed by atoms with Gasteiger partial charge in [-0.3, -0.25) is 4.79 Å². The van der Waals surface area contributed by atoms with Crippen molar-refractivity contribution in [3.63, 3.8) is 0 Å². The maximum atomic E-state index is 14.5. The SMILES string of the molecule is [N-]=[N+]=N[C@H](C(=O)N1C(=O)OC[C@@H]1Cc1ccccc1)C(c1ccccc1)(c1ccccc1)c1ccccc1. The molecule has 1 fully saturated rings. The van der Waals surface area contributed by atoms with E-state index in [-0.39, 0.29) is 6.61 Å². The first-order valence-electron chi connectivity index (χ1n) is 12.4. The number of ether oxygens (including phenoxy) is 1. The van der Waals surface area contributed by atoms with Crippen molar-refractivity contribution >= 4 is 12.0 Å². The molecule has 0 aliphatic carbocycles. The predicted octanol–water partition coefficient (Wildman–Crippen LogP) is 6.29. The van der Waals surface area contributed by atoms with Gasteiger partial charge < -0.3 is 4.74 Å². The van der Waals surface area contributed by atoms with E-state index in [4.69, 9.17) is 4.74 Å². The third kappa shape index (κ3) is 4.51. The van der Waals surface area contributed by atoms with Gasteiger partial charge in [-0.05, 0) is 34.2 Å². The number of rotatable bonds is 8. The molecular formula is C31H26N4O3. The number of benzene rings is 4. The molecule has 2 atom stereocenters. The number of hydrogen-bond acceptors (Lipinski definition) is 4. The zero-order valence-corrected chi connectivity index (χ0v) is 20.6. The lowest BCUT2D eigenvalue weighted by Crippen LogP contribution is -2.53. The molecule has 1 heterocycles. The monoisotopic (exact) mass is 502 g/mol. The van der Waals surface area contributed by atoms with E-state index in [1.807, 2.05) is 121 Å². The molecule has 4 aromatic rings. The van der Waals surface area contributed by atoms with Crippen LogP contribution < -0.4 is 0 Å². The fourth-order valence-corrected chi connectivity index (χ4v) is 5.35. The summed E-state index contributed by atoms with van der Waals surface area (Å²) in [4.78, 5) is 31.7. The quantitative estimate of drug-likeness (QED) is 0.123. The molecule has 38 heavy (non-hydrogen) atoms. The Kier molecular flexibility index (Phi) is 7.20. The van der Waals surface area contributed by atoms with Gasteiger partial charge in [-0.25, -0.2) is 9.69 Å². The van der Waals surface area contributed by atoms with E-state index < -0.39 is 29.5 Å². The molecule has 0 bridgehead atoms. The summed E-state index contributed by atoms with van der Waals surface area (Å²) < 4.78 is 5.36. The van der Waals surface area contributed by atoms with Crippen LogP contribution in [0.3, 0.4) is 0 Å². The maximum Gasteiger partial charge on any atom is 0.416 e. The summed E-state index contributed by atoms with van der Waals surface area (Å²) in [5, 5.41) is 4.13. The zero-order chi connectivity index (χ0) is 26.4. The average molecular weight is 503 g/mol. The summed E-state index contributed by atoms with van der Waals surface area (Å²) in [6.07, 6.45) is -0.312. The van der Waals surface area contributed by atoms with E-state index in [9.17, 15) is 15.1 Å². The van der Waals surface area contributed by atoms with Gasteiger partial charge in [0.25, 0.3) is 0 Å². The van der Waals surface area contributed by atoms with Crippen LogP contribution in [0, 0.1) is 0 Å². The van der Waals surface area contributed by atoms with Crippen molar-refractivity contribution < 1.29 is 14.3 Å². The lowest BCUT2D eigenvalue weighted by Gasteiger charge is -2.41. The maximum absolute atomic E-state index is 14.5.